The summed E-state index contributed by atoms with van der Waals surface area (Å²) in [5.41, 5.74) is 7.89. The van der Waals surface area contributed by atoms with Crippen molar-refractivity contribution in [2.45, 2.75) is 19.0 Å². The zero-order chi connectivity index (χ0) is 12.3. The minimum absolute atomic E-state index is 0. The highest BCUT2D eigenvalue weighted by molar-refractivity contribution is 7.09. The van der Waals surface area contributed by atoms with Crippen molar-refractivity contribution in [3.63, 3.8) is 0 Å². The first kappa shape index (κ1) is 17.8. The Morgan fingerprint density at radius 1 is 1.53 bits per heavy atom. The first-order valence-corrected chi connectivity index (χ1v) is 5.89. The summed E-state index contributed by atoms with van der Waals surface area (Å²) in [6.07, 6.45) is 5.52. The van der Waals surface area contributed by atoms with Crippen molar-refractivity contribution in [1.82, 2.24) is 14.5 Å². The van der Waals surface area contributed by atoms with E-state index in [1.165, 1.54) is 0 Å². The molecule has 6 nitrogen and oxygen atoms in total. The van der Waals surface area contributed by atoms with Crippen LogP contribution in [0.25, 0.3) is 0 Å². The lowest BCUT2D eigenvalue weighted by Crippen LogP contribution is -2.32. The summed E-state index contributed by atoms with van der Waals surface area (Å²) in [7, 11) is 0. The van der Waals surface area contributed by atoms with Gasteiger partial charge in [0.05, 0.1) is 24.1 Å². The quantitative estimate of drug-likeness (QED) is 0.861. The SMILES string of the molecule is Cl.Cl.N[C@@H](Cc1cn(Cc2cncs2)cn1)C(=O)O. The van der Waals surface area contributed by atoms with Gasteiger partial charge in [0, 0.05) is 23.7 Å². The number of aromatic nitrogens is 3. The molecule has 106 valence electrons. The van der Waals surface area contributed by atoms with Crippen LogP contribution in [0.15, 0.2) is 24.2 Å². The summed E-state index contributed by atoms with van der Waals surface area (Å²) >= 11 is 1.57. The number of imidazole rings is 1. The van der Waals surface area contributed by atoms with E-state index in [-0.39, 0.29) is 31.2 Å². The molecule has 2 aromatic rings. The van der Waals surface area contributed by atoms with Gasteiger partial charge < -0.3 is 15.4 Å². The van der Waals surface area contributed by atoms with Gasteiger partial charge in [-0.3, -0.25) is 9.78 Å². The topological polar surface area (TPSA) is 94.0 Å². The third-order valence-electron chi connectivity index (χ3n) is 2.25. The van der Waals surface area contributed by atoms with Gasteiger partial charge in [0.25, 0.3) is 0 Å². The fraction of sp³-hybridized carbons (Fsp3) is 0.300. The first-order chi connectivity index (χ1) is 8.15. The maximum atomic E-state index is 10.6. The number of halogens is 2. The summed E-state index contributed by atoms with van der Waals surface area (Å²) in [5.74, 6) is -1.01. The molecule has 0 saturated carbocycles. The summed E-state index contributed by atoms with van der Waals surface area (Å²) < 4.78 is 1.89. The highest BCUT2D eigenvalue weighted by Crippen LogP contribution is 2.09. The minimum Gasteiger partial charge on any atom is -0.480 e. The monoisotopic (exact) mass is 324 g/mol. The predicted molar refractivity (Wildman–Crippen MR) is 77.3 cm³/mol. The van der Waals surface area contributed by atoms with Crippen LogP contribution >= 0.6 is 36.2 Å². The second kappa shape index (κ2) is 8.11. The van der Waals surface area contributed by atoms with Crippen LogP contribution in [0, 0.1) is 0 Å². The van der Waals surface area contributed by atoms with Gasteiger partial charge in [-0.05, 0) is 0 Å². The molecular weight excluding hydrogens is 311 g/mol. The summed E-state index contributed by atoms with van der Waals surface area (Å²) in [5, 5.41) is 8.69. The highest BCUT2D eigenvalue weighted by atomic mass is 35.5. The van der Waals surface area contributed by atoms with Crippen LogP contribution in [0.2, 0.25) is 0 Å². The lowest BCUT2D eigenvalue weighted by atomic mass is 10.2. The number of nitrogens with zero attached hydrogens (tertiary/aromatic N) is 3. The molecule has 0 aromatic carbocycles. The zero-order valence-corrected chi connectivity index (χ0v) is 12.2. The van der Waals surface area contributed by atoms with Gasteiger partial charge in [0.1, 0.15) is 6.04 Å². The van der Waals surface area contributed by atoms with Crippen molar-refractivity contribution in [1.29, 1.82) is 0 Å². The predicted octanol–water partition coefficient (Wildman–Crippen LogP) is 1.19. The second-order valence-electron chi connectivity index (χ2n) is 3.65. The number of hydrogen-bond donors (Lipinski definition) is 2. The van der Waals surface area contributed by atoms with Gasteiger partial charge in [-0.25, -0.2) is 4.98 Å². The van der Waals surface area contributed by atoms with E-state index < -0.39 is 12.0 Å². The van der Waals surface area contributed by atoms with E-state index in [1.807, 2.05) is 10.8 Å². The number of rotatable bonds is 5. The van der Waals surface area contributed by atoms with E-state index >= 15 is 0 Å². The molecular formula is C10H14Cl2N4O2S. The normalized spacial score (nSPS) is 11.2. The number of thiazole rings is 1. The fourth-order valence-corrected chi connectivity index (χ4v) is 2.01. The van der Waals surface area contributed by atoms with Crippen molar-refractivity contribution in [3.05, 3.63) is 34.8 Å². The van der Waals surface area contributed by atoms with E-state index in [1.54, 1.807) is 29.4 Å². The smallest absolute Gasteiger partial charge is 0.320 e. The lowest BCUT2D eigenvalue weighted by Gasteiger charge is -2.02. The molecule has 2 heterocycles. The van der Waals surface area contributed by atoms with Crippen molar-refractivity contribution in [3.8, 4) is 0 Å². The molecule has 0 spiro atoms. The fourth-order valence-electron chi connectivity index (χ4n) is 1.41. The van der Waals surface area contributed by atoms with Crippen LogP contribution in [0.1, 0.15) is 10.6 Å². The maximum absolute atomic E-state index is 10.6. The molecule has 3 N–H and O–H groups in total. The zero-order valence-electron chi connectivity index (χ0n) is 9.80. The summed E-state index contributed by atoms with van der Waals surface area (Å²) in [6, 6.07) is -0.901. The van der Waals surface area contributed by atoms with Gasteiger partial charge in [-0.15, -0.1) is 36.2 Å². The van der Waals surface area contributed by atoms with Crippen LogP contribution in [-0.4, -0.2) is 31.7 Å². The molecule has 0 aliphatic rings. The van der Waals surface area contributed by atoms with Gasteiger partial charge in [-0.2, -0.15) is 0 Å². The highest BCUT2D eigenvalue weighted by Gasteiger charge is 2.13. The van der Waals surface area contributed by atoms with Crippen LogP contribution in [0.4, 0.5) is 0 Å². The molecule has 0 unspecified atom stereocenters. The Bertz CT molecular complexity index is 503. The number of aliphatic carboxylic acids is 1. The lowest BCUT2D eigenvalue weighted by molar-refractivity contribution is -0.138. The molecule has 0 aliphatic heterocycles. The summed E-state index contributed by atoms with van der Waals surface area (Å²) in [4.78, 5) is 19.8. The average molecular weight is 325 g/mol. The van der Waals surface area contributed by atoms with Crippen molar-refractivity contribution < 1.29 is 9.90 Å². The molecule has 0 amide bonds. The maximum Gasteiger partial charge on any atom is 0.320 e. The number of nitrogens with two attached hydrogens (primary N) is 1. The molecule has 19 heavy (non-hydrogen) atoms. The number of hydrogen-bond acceptors (Lipinski definition) is 5. The van der Waals surface area contributed by atoms with Crippen LogP contribution in [-0.2, 0) is 17.8 Å². The average Bonchev–Trinajstić information content (AvgIpc) is 2.91. The van der Waals surface area contributed by atoms with E-state index in [9.17, 15) is 4.79 Å². The minimum atomic E-state index is -1.01. The van der Waals surface area contributed by atoms with E-state index in [4.69, 9.17) is 10.8 Å². The first-order valence-electron chi connectivity index (χ1n) is 5.01. The second-order valence-corrected chi connectivity index (χ2v) is 4.62. The molecule has 9 heteroatoms. The Hall–Kier alpha value is -1.15. The van der Waals surface area contributed by atoms with Gasteiger partial charge in [0.15, 0.2) is 0 Å². The molecule has 2 rings (SSSR count). The molecule has 0 radical (unpaired) electrons. The Labute approximate surface area is 126 Å². The van der Waals surface area contributed by atoms with Crippen molar-refractivity contribution in [2.24, 2.45) is 5.73 Å². The third-order valence-corrected chi connectivity index (χ3v) is 3.02. The standard InChI is InChI=1S/C10H12N4O2S.2ClH/c11-9(10(15)16)1-7-3-14(5-13-7)4-8-2-12-6-17-8;;/h2-3,5-6,9H,1,4,11H2,(H,15,16);2*1H/t9-;;/m0../s1. The largest absolute Gasteiger partial charge is 0.480 e. The van der Waals surface area contributed by atoms with Crippen LogP contribution < -0.4 is 5.73 Å². The molecule has 0 aliphatic carbocycles. The van der Waals surface area contributed by atoms with E-state index in [0.29, 0.717) is 12.2 Å². The van der Waals surface area contributed by atoms with Gasteiger partial charge in [-0.1, -0.05) is 0 Å². The molecule has 0 fully saturated rings. The molecule has 0 saturated heterocycles. The Kier molecular flexibility index (Phi) is 7.62. The Balaban J connectivity index is 0.00000162. The van der Waals surface area contributed by atoms with Gasteiger partial charge >= 0.3 is 5.97 Å². The Morgan fingerprint density at radius 3 is 2.84 bits per heavy atom. The number of carboxylic acid groups (broad SMARTS) is 1. The molecule has 0 bridgehead atoms. The van der Waals surface area contributed by atoms with Crippen molar-refractivity contribution >= 4 is 42.1 Å². The third kappa shape index (κ3) is 5.15. The van der Waals surface area contributed by atoms with Crippen LogP contribution in [0.3, 0.4) is 0 Å². The van der Waals surface area contributed by atoms with Crippen molar-refractivity contribution in [2.75, 3.05) is 0 Å². The van der Waals surface area contributed by atoms with Crippen LogP contribution in [0.5, 0.6) is 0 Å². The van der Waals surface area contributed by atoms with E-state index in [2.05, 4.69) is 9.97 Å². The molecule has 2 aromatic heterocycles. The number of carboxylic acids is 1. The Morgan fingerprint density at radius 2 is 2.26 bits per heavy atom. The molecule has 1 atom stereocenters. The van der Waals surface area contributed by atoms with E-state index in [0.717, 1.165) is 4.88 Å². The summed E-state index contributed by atoms with van der Waals surface area (Å²) in [6.45, 7) is 0.694. The van der Waals surface area contributed by atoms with Gasteiger partial charge in [0.2, 0.25) is 0 Å². The number of carbonyl (C=O) groups is 1.